The zero-order valence-corrected chi connectivity index (χ0v) is 7.39. The fourth-order valence-electron chi connectivity index (χ4n) is 2.79. The van der Waals surface area contributed by atoms with Crippen LogP contribution in [0, 0.1) is 17.3 Å². The monoisotopic (exact) mass is 152 g/mol. The van der Waals surface area contributed by atoms with E-state index in [1.165, 1.54) is 12.8 Å². The van der Waals surface area contributed by atoms with Crippen molar-refractivity contribution in [2.75, 3.05) is 0 Å². The second kappa shape index (κ2) is 2.09. The van der Waals surface area contributed by atoms with Gasteiger partial charge in [0.05, 0.1) is 0 Å². The lowest BCUT2D eigenvalue weighted by molar-refractivity contribution is -0.124. The Bertz CT molecular complexity index is 175. The molecule has 2 rings (SSSR count). The first-order valence-electron chi connectivity index (χ1n) is 4.67. The molecule has 2 unspecified atom stereocenters. The number of hydrogen-bond donors (Lipinski definition) is 0. The number of carbonyl (C=O) groups excluding carboxylic acids is 1. The Hall–Kier alpha value is -0.330. The highest BCUT2D eigenvalue weighted by molar-refractivity contribution is 5.80. The summed E-state index contributed by atoms with van der Waals surface area (Å²) in [6.45, 7) is 4.50. The fraction of sp³-hybridized carbons (Fsp3) is 0.900. The van der Waals surface area contributed by atoms with Crippen molar-refractivity contribution in [1.29, 1.82) is 0 Å². The average molecular weight is 152 g/mol. The molecule has 1 heteroatoms. The minimum Gasteiger partial charge on any atom is -0.300 e. The molecule has 2 aliphatic rings. The van der Waals surface area contributed by atoms with Crippen molar-refractivity contribution < 1.29 is 4.79 Å². The Kier molecular flexibility index (Phi) is 1.39. The predicted molar refractivity (Wildman–Crippen MR) is 44.2 cm³/mol. The molecular formula is C10H16O. The Balaban J connectivity index is 2.16. The molecule has 11 heavy (non-hydrogen) atoms. The van der Waals surface area contributed by atoms with Crippen molar-refractivity contribution in [3.8, 4) is 0 Å². The molecule has 0 aliphatic heterocycles. The second-order valence-electron chi connectivity index (χ2n) is 4.48. The van der Waals surface area contributed by atoms with E-state index < -0.39 is 0 Å². The minimum absolute atomic E-state index is 0.488. The molecule has 0 aromatic heterocycles. The molecule has 2 fully saturated rings. The van der Waals surface area contributed by atoms with Gasteiger partial charge in [-0.1, -0.05) is 13.8 Å². The van der Waals surface area contributed by atoms with Crippen LogP contribution in [0.5, 0.6) is 0 Å². The van der Waals surface area contributed by atoms with Gasteiger partial charge in [0.25, 0.3) is 0 Å². The summed E-state index contributed by atoms with van der Waals surface area (Å²) in [4.78, 5) is 11.2. The number of carbonyl (C=O) groups is 1. The smallest absolute Gasteiger partial charge is 0.133 e. The maximum Gasteiger partial charge on any atom is 0.133 e. The Labute approximate surface area is 68.2 Å². The van der Waals surface area contributed by atoms with E-state index in [1.807, 2.05) is 0 Å². The molecule has 0 saturated heterocycles. The van der Waals surface area contributed by atoms with Crippen molar-refractivity contribution in [1.82, 2.24) is 0 Å². The van der Waals surface area contributed by atoms with E-state index >= 15 is 0 Å². The van der Waals surface area contributed by atoms with E-state index in [4.69, 9.17) is 0 Å². The van der Waals surface area contributed by atoms with Gasteiger partial charge < -0.3 is 0 Å². The van der Waals surface area contributed by atoms with Gasteiger partial charge in [-0.05, 0) is 30.1 Å². The number of hydrogen-bond acceptors (Lipinski definition) is 1. The highest BCUT2D eigenvalue weighted by Crippen LogP contribution is 2.61. The van der Waals surface area contributed by atoms with Gasteiger partial charge in [-0.25, -0.2) is 0 Å². The molecule has 0 radical (unpaired) electrons. The maximum absolute atomic E-state index is 11.2. The number of ketones is 1. The van der Waals surface area contributed by atoms with Gasteiger partial charge in [-0.2, -0.15) is 0 Å². The third kappa shape index (κ3) is 0.935. The lowest BCUT2D eigenvalue weighted by atomic mass is 9.70. The highest BCUT2D eigenvalue weighted by atomic mass is 16.1. The zero-order chi connectivity index (χ0) is 8.06. The lowest BCUT2D eigenvalue weighted by Gasteiger charge is -2.33. The summed E-state index contributed by atoms with van der Waals surface area (Å²) in [6, 6.07) is 0. The van der Waals surface area contributed by atoms with Crippen molar-refractivity contribution >= 4 is 5.78 Å². The highest BCUT2D eigenvalue weighted by Gasteiger charge is 2.53. The second-order valence-corrected chi connectivity index (χ2v) is 4.48. The van der Waals surface area contributed by atoms with Crippen LogP contribution >= 0.6 is 0 Å². The van der Waals surface area contributed by atoms with Gasteiger partial charge >= 0.3 is 0 Å². The van der Waals surface area contributed by atoms with E-state index in [2.05, 4.69) is 13.8 Å². The van der Waals surface area contributed by atoms with Crippen LogP contribution in [0.15, 0.2) is 0 Å². The predicted octanol–water partition coefficient (Wildman–Crippen LogP) is 2.40. The molecule has 2 aliphatic carbocycles. The van der Waals surface area contributed by atoms with Crippen LogP contribution in [-0.4, -0.2) is 5.78 Å². The summed E-state index contributed by atoms with van der Waals surface area (Å²) in [7, 11) is 0. The normalized spacial score (nSPS) is 41.1. The van der Waals surface area contributed by atoms with Gasteiger partial charge in [0.15, 0.2) is 0 Å². The Morgan fingerprint density at radius 2 is 1.64 bits per heavy atom. The van der Waals surface area contributed by atoms with Crippen molar-refractivity contribution in [2.45, 2.75) is 39.5 Å². The number of rotatable bonds is 0. The van der Waals surface area contributed by atoms with Gasteiger partial charge in [-0.15, -0.1) is 0 Å². The summed E-state index contributed by atoms with van der Waals surface area (Å²) in [5, 5.41) is 0. The quantitative estimate of drug-likeness (QED) is 0.521. The Morgan fingerprint density at radius 3 is 2.00 bits per heavy atom. The summed E-state index contributed by atoms with van der Waals surface area (Å²) in [5.74, 6) is 1.82. The van der Waals surface area contributed by atoms with E-state index in [0.29, 0.717) is 23.0 Å². The molecule has 0 aromatic rings. The van der Waals surface area contributed by atoms with Crippen LogP contribution in [0.3, 0.4) is 0 Å². The van der Waals surface area contributed by atoms with E-state index in [1.54, 1.807) is 0 Å². The van der Waals surface area contributed by atoms with Crippen molar-refractivity contribution in [3.05, 3.63) is 0 Å². The van der Waals surface area contributed by atoms with Crippen LogP contribution in [0.2, 0.25) is 0 Å². The van der Waals surface area contributed by atoms with Gasteiger partial charge in [0, 0.05) is 12.8 Å². The molecule has 0 bridgehead atoms. The summed E-state index contributed by atoms with van der Waals surface area (Å²) < 4.78 is 0. The van der Waals surface area contributed by atoms with Crippen molar-refractivity contribution in [2.24, 2.45) is 17.3 Å². The third-order valence-electron chi connectivity index (χ3n) is 3.86. The summed E-state index contributed by atoms with van der Waals surface area (Å²) in [6.07, 6.45) is 4.46. The van der Waals surface area contributed by atoms with Crippen LogP contribution in [0.4, 0.5) is 0 Å². The molecule has 2 atom stereocenters. The first-order chi connectivity index (χ1) is 5.15. The van der Waals surface area contributed by atoms with Crippen LogP contribution in [-0.2, 0) is 4.79 Å². The topological polar surface area (TPSA) is 17.1 Å². The molecule has 0 heterocycles. The fourth-order valence-corrected chi connectivity index (χ4v) is 2.79. The molecule has 62 valence electrons. The van der Waals surface area contributed by atoms with E-state index in [-0.39, 0.29) is 0 Å². The van der Waals surface area contributed by atoms with Crippen molar-refractivity contribution in [3.63, 3.8) is 0 Å². The van der Waals surface area contributed by atoms with Gasteiger partial charge in [0.1, 0.15) is 5.78 Å². The molecule has 1 nitrogen and oxygen atoms in total. The molecule has 0 amide bonds. The molecule has 0 N–H and O–H groups in total. The largest absolute Gasteiger partial charge is 0.300 e. The Morgan fingerprint density at radius 1 is 1.18 bits per heavy atom. The van der Waals surface area contributed by atoms with E-state index in [0.717, 1.165) is 12.8 Å². The number of Topliss-reactive ketones (excluding diaryl/α,β-unsaturated/α-hetero) is 1. The van der Waals surface area contributed by atoms with Crippen LogP contribution < -0.4 is 0 Å². The third-order valence-corrected chi connectivity index (χ3v) is 3.86. The average Bonchev–Trinajstić information content (AvgIpc) is 2.62. The lowest BCUT2D eigenvalue weighted by Crippen LogP contribution is -2.31. The zero-order valence-electron chi connectivity index (χ0n) is 7.39. The first kappa shape index (κ1) is 7.33. The first-order valence-corrected chi connectivity index (χ1v) is 4.67. The van der Waals surface area contributed by atoms with Gasteiger partial charge in [0.2, 0.25) is 0 Å². The molecular weight excluding hydrogens is 136 g/mol. The van der Waals surface area contributed by atoms with E-state index in [9.17, 15) is 4.79 Å². The van der Waals surface area contributed by atoms with Gasteiger partial charge in [-0.3, -0.25) is 4.79 Å². The SMILES string of the molecule is CC1CC(=O)CC(C)C12CC2. The minimum atomic E-state index is 0.488. The summed E-state index contributed by atoms with van der Waals surface area (Å²) >= 11 is 0. The van der Waals surface area contributed by atoms with Crippen LogP contribution in [0.25, 0.3) is 0 Å². The standard InChI is InChI=1S/C10H16O/c1-7-5-9(11)6-8(2)10(7)3-4-10/h7-8H,3-6H2,1-2H3. The maximum atomic E-state index is 11.2. The molecule has 0 aromatic carbocycles. The molecule has 1 spiro atoms. The summed E-state index contributed by atoms with van der Waals surface area (Å²) in [5.41, 5.74) is 0.605. The van der Waals surface area contributed by atoms with Crippen LogP contribution in [0.1, 0.15) is 39.5 Å². The molecule has 2 saturated carbocycles.